The van der Waals surface area contributed by atoms with Gasteiger partial charge in [-0.3, -0.25) is 0 Å². The lowest BCUT2D eigenvalue weighted by Gasteiger charge is -2.07. The van der Waals surface area contributed by atoms with Gasteiger partial charge < -0.3 is 4.74 Å². The number of H-pyrrole nitrogens is 1. The van der Waals surface area contributed by atoms with Gasteiger partial charge in [-0.15, -0.1) is 5.10 Å². The summed E-state index contributed by atoms with van der Waals surface area (Å²) in [4.78, 5) is 15.5. The van der Waals surface area contributed by atoms with Gasteiger partial charge in [0.1, 0.15) is 5.75 Å². The van der Waals surface area contributed by atoms with Crippen molar-refractivity contribution in [3.8, 4) is 11.6 Å². The Balaban J connectivity index is 2.11. The first kappa shape index (κ1) is 10.5. The Morgan fingerprint density at radius 2 is 2.17 bits per heavy atom. The topological polar surface area (TPSA) is 72.3 Å². The first-order chi connectivity index (χ1) is 8.75. The Kier molecular flexibility index (Phi) is 2.33. The molecule has 0 aliphatic rings. The third-order valence-corrected chi connectivity index (χ3v) is 2.60. The minimum Gasteiger partial charge on any atom is -0.436 e. The monoisotopic (exact) mass is 242 g/mol. The zero-order valence-electron chi connectivity index (χ0n) is 9.62. The maximum absolute atomic E-state index is 11.4. The molecule has 0 saturated heterocycles. The lowest BCUT2D eigenvalue weighted by atomic mass is 10.2. The van der Waals surface area contributed by atoms with Gasteiger partial charge in [0.2, 0.25) is 5.65 Å². The Bertz CT molecular complexity index is 760. The highest BCUT2D eigenvalue weighted by atomic mass is 16.5. The fourth-order valence-electron chi connectivity index (χ4n) is 1.67. The molecule has 6 nitrogen and oxygen atoms in total. The van der Waals surface area contributed by atoms with E-state index >= 15 is 0 Å². The molecular formula is C12H10N4O2. The van der Waals surface area contributed by atoms with Crippen LogP contribution in [0.2, 0.25) is 0 Å². The molecule has 2 heterocycles. The third kappa shape index (κ3) is 1.64. The molecule has 1 N–H and O–H groups in total. The number of fused-ring (bicyclic) bond motifs is 1. The number of para-hydroxylation sites is 1. The smallest absolute Gasteiger partial charge is 0.347 e. The van der Waals surface area contributed by atoms with Crippen molar-refractivity contribution in [1.29, 1.82) is 0 Å². The van der Waals surface area contributed by atoms with Gasteiger partial charge in [0.25, 0.3) is 5.88 Å². The molecule has 0 aliphatic carbocycles. The van der Waals surface area contributed by atoms with Gasteiger partial charge in [0.15, 0.2) is 0 Å². The molecule has 0 fully saturated rings. The van der Waals surface area contributed by atoms with Crippen molar-refractivity contribution >= 4 is 5.65 Å². The summed E-state index contributed by atoms with van der Waals surface area (Å²) in [5.41, 5.74) is 1.03. The average Bonchev–Trinajstić information content (AvgIpc) is 2.76. The van der Waals surface area contributed by atoms with E-state index in [1.54, 1.807) is 0 Å². The summed E-state index contributed by atoms with van der Waals surface area (Å²) in [5.74, 6) is 0.985. The maximum Gasteiger partial charge on any atom is 0.347 e. The van der Waals surface area contributed by atoms with Crippen LogP contribution in [0.5, 0.6) is 11.6 Å². The second-order valence-corrected chi connectivity index (χ2v) is 3.82. The van der Waals surface area contributed by atoms with Gasteiger partial charge in [-0.25, -0.2) is 19.3 Å². The number of hydrogen-bond donors (Lipinski definition) is 1. The molecule has 3 aromatic rings. The summed E-state index contributed by atoms with van der Waals surface area (Å²) in [6, 6.07) is 7.58. The molecule has 0 amide bonds. The molecule has 2 aromatic heterocycles. The van der Waals surface area contributed by atoms with Crippen molar-refractivity contribution < 1.29 is 4.74 Å². The second-order valence-electron chi connectivity index (χ2n) is 3.82. The molecule has 0 bridgehead atoms. The van der Waals surface area contributed by atoms with Crippen molar-refractivity contribution in [1.82, 2.24) is 19.6 Å². The van der Waals surface area contributed by atoms with E-state index in [1.165, 1.54) is 16.8 Å². The van der Waals surface area contributed by atoms with Crippen molar-refractivity contribution in [3.05, 3.63) is 52.7 Å². The van der Waals surface area contributed by atoms with Gasteiger partial charge >= 0.3 is 5.69 Å². The molecule has 0 saturated carbocycles. The van der Waals surface area contributed by atoms with Gasteiger partial charge in [-0.1, -0.05) is 18.2 Å². The lowest BCUT2D eigenvalue weighted by Crippen LogP contribution is -2.09. The quantitative estimate of drug-likeness (QED) is 0.739. The highest BCUT2D eigenvalue weighted by molar-refractivity contribution is 5.50. The van der Waals surface area contributed by atoms with Gasteiger partial charge in [-0.2, -0.15) is 0 Å². The van der Waals surface area contributed by atoms with Crippen LogP contribution in [0.4, 0.5) is 0 Å². The summed E-state index contributed by atoms with van der Waals surface area (Å²) in [6.45, 7) is 1.94. The number of aromatic nitrogens is 4. The van der Waals surface area contributed by atoms with Crippen LogP contribution in [0.15, 0.2) is 41.5 Å². The SMILES string of the molecule is Cc1ccccc1Oc1nccn2c(=O)[nH]nc12. The van der Waals surface area contributed by atoms with Crippen molar-refractivity contribution in [2.75, 3.05) is 0 Å². The molecular weight excluding hydrogens is 232 g/mol. The molecule has 18 heavy (non-hydrogen) atoms. The van der Waals surface area contributed by atoms with E-state index in [1.807, 2.05) is 31.2 Å². The zero-order chi connectivity index (χ0) is 12.5. The Labute approximate surface area is 102 Å². The lowest BCUT2D eigenvalue weighted by molar-refractivity contribution is 0.461. The predicted octanol–water partition coefficient (Wildman–Crippen LogP) is 1.52. The van der Waals surface area contributed by atoms with Gasteiger partial charge in [0, 0.05) is 12.4 Å². The van der Waals surface area contributed by atoms with Crippen LogP contribution in [0.25, 0.3) is 5.65 Å². The van der Waals surface area contributed by atoms with E-state index in [4.69, 9.17) is 4.74 Å². The largest absolute Gasteiger partial charge is 0.436 e. The Hall–Kier alpha value is -2.63. The normalized spacial score (nSPS) is 10.7. The van der Waals surface area contributed by atoms with Crippen LogP contribution in [-0.4, -0.2) is 19.6 Å². The van der Waals surface area contributed by atoms with E-state index in [-0.39, 0.29) is 5.69 Å². The van der Waals surface area contributed by atoms with E-state index in [9.17, 15) is 4.79 Å². The summed E-state index contributed by atoms with van der Waals surface area (Å²) in [5, 5.41) is 6.24. The number of hydrogen-bond acceptors (Lipinski definition) is 4. The van der Waals surface area contributed by atoms with Crippen molar-refractivity contribution in [3.63, 3.8) is 0 Å². The Morgan fingerprint density at radius 3 is 3.00 bits per heavy atom. The standard InChI is InChI=1S/C12H10N4O2/c1-8-4-2-3-5-9(8)18-11-10-14-15-12(17)16(10)7-6-13-11/h2-7H,1H3,(H,15,17). The van der Waals surface area contributed by atoms with Gasteiger partial charge in [0.05, 0.1) is 0 Å². The summed E-state index contributed by atoms with van der Waals surface area (Å²) < 4.78 is 7.03. The molecule has 0 unspecified atom stereocenters. The number of ether oxygens (including phenoxy) is 1. The molecule has 6 heteroatoms. The highest BCUT2D eigenvalue weighted by Gasteiger charge is 2.10. The van der Waals surface area contributed by atoms with E-state index in [0.717, 1.165) is 5.56 Å². The average molecular weight is 242 g/mol. The number of aromatic amines is 1. The van der Waals surface area contributed by atoms with E-state index < -0.39 is 0 Å². The molecule has 3 rings (SSSR count). The molecule has 0 aliphatic heterocycles. The number of aryl methyl sites for hydroxylation is 1. The molecule has 90 valence electrons. The van der Waals surface area contributed by atoms with Crippen LogP contribution in [0.3, 0.4) is 0 Å². The summed E-state index contributed by atoms with van der Waals surface area (Å²) >= 11 is 0. The molecule has 0 spiro atoms. The van der Waals surface area contributed by atoms with Crippen LogP contribution < -0.4 is 10.4 Å². The molecule has 0 atom stereocenters. The fraction of sp³-hybridized carbons (Fsp3) is 0.0833. The van der Waals surface area contributed by atoms with Gasteiger partial charge in [-0.05, 0) is 18.6 Å². The minimum atomic E-state index is -0.318. The summed E-state index contributed by atoms with van der Waals surface area (Å²) in [6.07, 6.45) is 3.03. The van der Waals surface area contributed by atoms with Crippen molar-refractivity contribution in [2.45, 2.75) is 6.92 Å². The molecule has 0 radical (unpaired) electrons. The number of nitrogens with one attached hydrogen (secondary N) is 1. The molecule has 1 aromatic carbocycles. The van der Waals surface area contributed by atoms with E-state index in [2.05, 4.69) is 15.2 Å². The van der Waals surface area contributed by atoms with Crippen LogP contribution in [0, 0.1) is 6.92 Å². The number of rotatable bonds is 2. The highest BCUT2D eigenvalue weighted by Crippen LogP contribution is 2.24. The zero-order valence-corrected chi connectivity index (χ0v) is 9.62. The number of benzene rings is 1. The third-order valence-electron chi connectivity index (χ3n) is 2.60. The second kappa shape index (κ2) is 3.99. The fourth-order valence-corrected chi connectivity index (χ4v) is 1.67. The van der Waals surface area contributed by atoms with Crippen LogP contribution in [-0.2, 0) is 0 Å². The first-order valence-corrected chi connectivity index (χ1v) is 5.41. The summed E-state index contributed by atoms with van der Waals surface area (Å²) in [7, 11) is 0. The van der Waals surface area contributed by atoms with Crippen LogP contribution >= 0.6 is 0 Å². The maximum atomic E-state index is 11.4. The minimum absolute atomic E-state index is 0.296. The van der Waals surface area contributed by atoms with Crippen molar-refractivity contribution in [2.24, 2.45) is 0 Å². The Morgan fingerprint density at radius 1 is 1.33 bits per heavy atom. The van der Waals surface area contributed by atoms with Crippen LogP contribution in [0.1, 0.15) is 5.56 Å². The first-order valence-electron chi connectivity index (χ1n) is 5.41. The number of nitrogens with zero attached hydrogens (tertiary/aromatic N) is 3. The van der Waals surface area contributed by atoms with E-state index in [0.29, 0.717) is 17.3 Å². The predicted molar refractivity (Wildman–Crippen MR) is 64.9 cm³/mol.